The molecule has 1 atom stereocenters. The van der Waals surface area contributed by atoms with Crippen molar-refractivity contribution in [2.75, 3.05) is 12.4 Å². The number of sulfonamides is 1. The van der Waals surface area contributed by atoms with Gasteiger partial charge in [-0.15, -0.1) is 0 Å². The van der Waals surface area contributed by atoms with Crippen LogP contribution in [0.1, 0.15) is 6.92 Å². The van der Waals surface area contributed by atoms with Crippen LogP contribution in [-0.2, 0) is 14.8 Å². The SMILES string of the molecule is COc1ccc(S(=O)(=O)N[C@@H](C)C(=O)Nc2ccc(Cl)cc2Cl)cc1. The van der Waals surface area contributed by atoms with E-state index in [0.29, 0.717) is 16.5 Å². The highest BCUT2D eigenvalue weighted by Gasteiger charge is 2.22. The quantitative estimate of drug-likeness (QED) is 0.775. The van der Waals surface area contributed by atoms with Gasteiger partial charge in [-0.1, -0.05) is 23.2 Å². The van der Waals surface area contributed by atoms with Crippen molar-refractivity contribution in [3.05, 3.63) is 52.5 Å². The lowest BCUT2D eigenvalue weighted by Crippen LogP contribution is -2.41. The predicted molar refractivity (Wildman–Crippen MR) is 97.9 cm³/mol. The number of rotatable bonds is 6. The molecule has 1 amide bonds. The molecule has 0 aliphatic carbocycles. The van der Waals surface area contributed by atoms with Crippen molar-refractivity contribution < 1.29 is 17.9 Å². The van der Waals surface area contributed by atoms with Crippen molar-refractivity contribution in [2.45, 2.75) is 17.9 Å². The molecule has 0 saturated heterocycles. The Morgan fingerprint density at radius 3 is 2.32 bits per heavy atom. The first-order chi connectivity index (χ1) is 11.7. The number of carbonyl (C=O) groups excluding carboxylic acids is 1. The highest BCUT2D eigenvalue weighted by Crippen LogP contribution is 2.25. The third kappa shape index (κ3) is 5.09. The summed E-state index contributed by atoms with van der Waals surface area (Å²) >= 11 is 11.8. The van der Waals surface area contributed by atoms with Crippen LogP contribution in [0.2, 0.25) is 10.0 Å². The van der Waals surface area contributed by atoms with E-state index in [1.54, 1.807) is 6.07 Å². The van der Waals surface area contributed by atoms with Crippen LogP contribution in [0.25, 0.3) is 0 Å². The Balaban J connectivity index is 2.08. The van der Waals surface area contributed by atoms with Crippen LogP contribution in [0, 0.1) is 0 Å². The summed E-state index contributed by atoms with van der Waals surface area (Å²) in [6.45, 7) is 1.43. The second kappa shape index (κ2) is 8.05. The van der Waals surface area contributed by atoms with E-state index in [0.717, 1.165) is 0 Å². The van der Waals surface area contributed by atoms with E-state index >= 15 is 0 Å². The first kappa shape index (κ1) is 19.5. The third-order valence-corrected chi connectivity index (χ3v) is 5.39. The molecule has 0 bridgehead atoms. The number of hydrogen-bond donors (Lipinski definition) is 2. The summed E-state index contributed by atoms with van der Waals surface area (Å²) in [5, 5.41) is 3.24. The van der Waals surface area contributed by atoms with Crippen molar-refractivity contribution in [1.29, 1.82) is 0 Å². The van der Waals surface area contributed by atoms with Gasteiger partial charge in [-0.05, 0) is 49.4 Å². The number of halogens is 2. The summed E-state index contributed by atoms with van der Waals surface area (Å²) in [7, 11) is -2.38. The van der Waals surface area contributed by atoms with Gasteiger partial charge in [-0.3, -0.25) is 4.79 Å². The molecular weight excluding hydrogens is 387 g/mol. The fourth-order valence-corrected chi connectivity index (χ4v) is 3.60. The van der Waals surface area contributed by atoms with Gasteiger partial charge in [0.25, 0.3) is 0 Å². The Morgan fingerprint density at radius 2 is 1.76 bits per heavy atom. The van der Waals surface area contributed by atoms with E-state index in [4.69, 9.17) is 27.9 Å². The Labute approximate surface area is 156 Å². The van der Waals surface area contributed by atoms with Gasteiger partial charge in [0, 0.05) is 5.02 Å². The summed E-state index contributed by atoms with van der Waals surface area (Å²) in [6.07, 6.45) is 0. The first-order valence-electron chi connectivity index (χ1n) is 7.15. The molecule has 2 rings (SSSR count). The summed E-state index contributed by atoms with van der Waals surface area (Å²) in [5.41, 5.74) is 0.339. The average molecular weight is 403 g/mol. The van der Waals surface area contributed by atoms with Crippen molar-refractivity contribution in [3.8, 4) is 5.75 Å². The third-order valence-electron chi connectivity index (χ3n) is 3.28. The maximum Gasteiger partial charge on any atom is 0.242 e. The van der Waals surface area contributed by atoms with E-state index in [9.17, 15) is 13.2 Å². The largest absolute Gasteiger partial charge is 0.497 e. The van der Waals surface area contributed by atoms with Gasteiger partial charge in [-0.2, -0.15) is 4.72 Å². The Bertz CT molecular complexity index is 870. The smallest absolute Gasteiger partial charge is 0.242 e. The number of ether oxygens (including phenoxy) is 1. The molecular formula is C16H16Cl2N2O4S. The van der Waals surface area contributed by atoms with Gasteiger partial charge in [0.15, 0.2) is 0 Å². The lowest BCUT2D eigenvalue weighted by molar-refractivity contribution is -0.117. The van der Waals surface area contributed by atoms with E-state index < -0.39 is 22.0 Å². The number of nitrogens with one attached hydrogen (secondary N) is 2. The zero-order valence-corrected chi connectivity index (χ0v) is 15.7. The molecule has 0 aliphatic rings. The summed E-state index contributed by atoms with van der Waals surface area (Å²) < 4.78 is 32.0. The van der Waals surface area contributed by atoms with Gasteiger partial charge >= 0.3 is 0 Å². The molecule has 0 radical (unpaired) electrons. The highest BCUT2D eigenvalue weighted by molar-refractivity contribution is 7.89. The minimum Gasteiger partial charge on any atom is -0.497 e. The monoisotopic (exact) mass is 402 g/mol. The number of benzene rings is 2. The molecule has 0 aliphatic heterocycles. The van der Waals surface area contributed by atoms with Crippen LogP contribution < -0.4 is 14.8 Å². The topological polar surface area (TPSA) is 84.5 Å². The molecule has 0 fully saturated rings. The maximum atomic E-state index is 12.3. The van der Waals surface area contributed by atoms with Gasteiger partial charge in [-0.25, -0.2) is 8.42 Å². The molecule has 25 heavy (non-hydrogen) atoms. The lowest BCUT2D eigenvalue weighted by Gasteiger charge is -2.15. The maximum absolute atomic E-state index is 12.3. The lowest BCUT2D eigenvalue weighted by atomic mass is 10.3. The van der Waals surface area contributed by atoms with Crippen LogP contribution in [-0.4, -0.2) is 27.5 Å². The Hall–Kier alpha value is -1.80. The molecule has 0 aromatic heterocycles. The zero-order valence-electron chi connectivity index (χ0n) is 13.4. The molecule has 2 N–H and O–H groups in total. The molecule has 2 aromatic carbocycles. The van der Waals surface area contributed by atoms with Crippen molar-refractivity contribution in [1.82, 2.24) is 4.72 Å². The van der Waals surface area contributed by atoms with Gasteiger partial charge in [0.05, 0.1) is 28.8 Å². The molecule has 9 heteroatoms. The first-order valence-corrected chi connectivity index (χ1v) is 9.39. The van der Waals surface area contributed by atoms with Crippen molar-refractivity contribution in [3.63, 3.8) is 0 Å². The normalized spacial score (nSPS) is 12.5. The van der Waals surface area contributed by atoms with E-state index in [2.05, 4.69) is 10.0 Å². The van der Waals surface area contributed by atoms with Crippen LogP contribution in [0.15, 0.2) is 47.4 Å². The Kier molecular flexibility index (Phi) is 6.29. The number of methoxy groups -OCH3 is 1. The molecule has 134 valence electrons. The van der Waals surface area contributed by atoms with Crippen LogP contribution >= 0.6 is 23.2 Å². The van der Waals surface area contributed by atoms with E-state index in [-0.39, 0.29) is 9.92 Å². The average Bonchev–Trinajstić information content (AvgIpc) is 2.57. The summed E-state index contributed by atoms with van der Waals surface area (Å²) in [5.74, 6) is -0.0246. The second-order valence-electron chi connectivity index (χ2n) is 5.13. The van der Waals surface area contributed by atoms with Crippen LogP contribution in [0.4, 0.5) is 5.69 Å². The number of carbonyl (C=O) groups is 1. The minimum absolute atomic E-state index is 0.0254. The molecule has 0 saturated carbocycles. The van der Waals surface area contributed by atoms with Gasteiger partial charge in [0.2, 0.25) is 15.9 Å². The van der Waals surface area contributed by atoms with E-state index in [1.807, 2.05) is 0 Å². The van der Waals surface area contributed by atoms with Crippen molar-refractivity contribution >= 4 is 44.8 Å². The highest BCUT2D eigenvalue weighted by atomic mass is 35.5. The summed E-state index contributed by atoms with van der Waals surface area (Å²) in [4.78, 5) is 12.2. The molecule has 0 spiro atoms. The zero-order chi connectivity index (χ0) is 18.6. The fourth-order valence-electron chi connectivity index (χ4n) is 1.94. The van der Waals surface area contributed by atoms with Gasteiger partial charge < -0.3 is 10.1 Å². The van der Waals surface area contributed by atoms with Crippen LogP contribution in [0.3, 0.4) is 0 Å². The van der Waals surface area contributed by atoms with Crippen molar-refractivity contribution in [2.24, 2.45) is 0 Å². The molecule has 6 nitrogen and oxygen atoms in total. The summed E-state index contributed by atoms with van der Waals surface area (Å²) in [6, 6.07) is 9.38. The number of hydrogen-bond acceptors (Lipinski definition) is 4. The molecule has 2 aromatic rings. The fraction of sp³-hybridized carbons (Fsp3) is 0.188. The molecule has 0 heterocycles. The molecule has 0 unspecified atom stereocenters. The number of amides is 1. The standard InChI is InChI=1S/C16H16Cl2N2O4S/c1-10(16(21)19-15-8-3-11(17)9-14(15)18)20-25(22,23)13-6-4-12(24-2)5-7-13/h3-10,20H,1-2H3,(H,19,21)/t10-/m0/s1. The van der Waals surface area contributed by atoms with Crippen LogP contribution in [0.5, 0.6) is 5.75 Å². The number of anilines is 1. The van der Waals surface area contributed by atoms with E-state index in [1.165, 1.54) is 50.4 Å². The minimum atomic E-state index is -3.86. The predicted octanol–water partition coefficient (Wildman–Crippen LogP) is 3.31. The Morgan fingerprint density at radius 1 is 1.12 bits per heavy atom. The van der Waals surface area contributed by atoms with Gasteiger partial charge in [0.1, 0.15) is 5.75 Å². The second-order valence-corrected chi connectivity index (χ2v) is 7.69.